The molecule has 1 rings (SSSR count). The minimum absolute atomic E-state index is 0.321. The summed E-state index contributed by atoms with van der Waals surface area (Å²) in [5.41, 5.74) is 1.10. The fraction of sp³-hybridized carbons (Fsp3) is 0.417. The van der Waals surface area contributed by atoms with E-state index in [1.165, 1.54) is 0 Å². The van der Waals surface area contributed by atoms with Gasteiger partial charge in [-0.05, 0) is 32.9 Å². The molecule has 0 bridgehead atoms. The third-order valence-corrected chi connectivity index (χ3v) is 3.43. The fourth-order valence-electron chi connectivity index (χ4n) is 1.21. The van der Waals surface area contributed by atoms with Crippen molar-refractivity contribution >= 4 is 17.0 Å². The molecule has 1 N–H and O–H groups in total. The van der Waals surface area contributed by atoms with Crippen LogP contribution in [0.4, 0.5) is 0 Å². The number of carbonyl (C=O) groups excluding carboxylic acids is 1. The van der Waals surface area contributed by atoms with E-state index in [2.05, 4.69) is 4.72 Å². The zero-order valence-electron chi connectivity index (χ0n) is 10.2. The van der Waals surface area contributed by atoms with E-state index >= 15 is 0 Å². The van der Waals surface area contributed by atoms with Crippen LogP contribution in [0.15, 0.2) is 29.2 Å². The topological polar surface area (TPSA) is 55.4 Å². The molecular weight excluding hydrogens is 238 g/mol. The van der Waals surface area contributed by atoms with Crippen LogP contribution in [0.3, 0.4) is 0 Å². The molecule has 1 aromatic rings. The molecule has 0 saturated heterocycles. The molecule has 0 heterocycles. The van der Waals surface area contributed by atoms with Crippen molar-refractivity contribution in [3.8, 4) is 0 Å². The van der Waals surface area contributed by atoms with E-state index in [0.717, 1.165) is 5.56 Å². The predicted octanol–water partition coefficient (Wildman–Crippen LogP) is 1.56. The molecule has 4 nitrogen and oxygen atoms in total. The third-order valence-electron chi connectivity index (χ3n) is 2.16. The highest BCUT2D eigenvalue weighted by atomic mass is 32.2. The summed E-state index contributed by atoms with van der Waals surface area (Å²) in [6, 6.07) is 6.72. The van der Waals surface area contributed by atoms with E-state index in [0.29, 0.717) is 11.5 Å². The van der Waals surface area contributed by atoms with Crippen molar-refractivity contribution in [1.82, 2.24) is 4.72 Å². The first-order valence-electron chi connectivity index (χ1n) is 5.46. The Hall–Kier alpha value is -1.20. The maximum absolute atomic E-state index is 11.9. The van der Waals surface area contributed by atoms with E-state index in [1.54, 1.807) is 26.0 Å². The number of esters is 1. The number of benzene rings is 1. The Morgan fingerprint density at radius 1 is 1.41 bits per heavy atom. The molecule has 0 aliphatic rings. The van der Waals surface area contributed by atoms with Crippen LogP contribution >= 0.6 is 0 Å². The number of rotatable bonds is 5. The van der Waals surface area contributed by atoms with Gasteiger partial charge in [-0.2, -0.15) is 0 Å². The number of hydrogen-bond acceptors (Lipinski definition) is 3. The number of nitrogens with one attached hydrogen (secondary N) is 1. The van der Waals surface area contributed by atoms with Crippen LogP contribution in [0.1, 0.15) is 19.4 Å². The Bertz CT molecular complexity index is 403. The van der Waals surface area contributed by atoms with Crippen LogP contribution in [0.2, 0.25) is 0 Å². The van der Waals surface area contributed by atoms with E-state index in [-0.39, 0.29) is 0 Å². The van der Waals surface area contributed by atoms with Crippen LogP contribution in [0.5, 0.6) is 0 Å². The van der Waals surface area contributed by atoms with Gasteiger partial charge in [0.1, 0.15) is 17.0 Å². The zero-order valence-corrected chi connectivity index (χ0v) is 11.0. The number of hydrogen-bond donors (Lipinski definition) is 1. The summed E-state index contributed by atoms with van der Waals surface area (Å²) in [5.74, 6) is -0.395. The van der Waals surface area contributed by atoms with Gasteiger partial charge >= 0.3 is 5.97 Å². The van der Waals surface area contributed by atoms with Gasteiger partial charge in [0.05, 0.1) is 11.5 Å². The van der Waals surface area contributed by atoms with E-state index in [9.17, 15) is 9.00 Å². The summed E-state index contributed by atoms with van der Waals surface area (Å²) in [6.45, 7) is 5.65. The summed E-state index contributed by atoms with van der Waals surface area (Å²) >= 11 is 0. The fourth-order valence-corrected chi connectivity index (χ4v) is 2.14. The lowest BCUT2D eigenvalue weighted by molar-refractivity contribution is -0.144. The summed E-state index contributed by atoms with van der Waals surface area (Å²) in [7, 11) is -1.40. The summed E-state index contributed by atoms with van der Waals surface area (Å²) in [4.78, 5) is 12.0. The van der Waals surface area contributed by atoms with Crippen molar-refractivity contribution in [1.29, 1.82) is 0 Å². The second-order valence-corrected chi connectivity index (χ2v) is 4.92. The van der Waals surface area contributed by atoms with Crippen molar-refractivity contribution in [2.75, 3.05) is 6.61 Å². The van der Waals surface area contributed by atoms with Gasteiger partial charge in [-0.3, -0.25) is 4.79 Å². The largest absolute Gasteiger partial charge is 0.465 e. The van der Waals surface area contributed by atoms with Crippen LogP contribution in [0.25, 0.3) is 0 Å². The number of aryl methyl sites for hydroxylation is 1. The molecule has 0 saturated carbocycles. The van der Waals surface area contributed by atoms with Crippen molar-refractivity contribution < 1.29 is 13.7 Å². The standard InChI is InChI=1S/C12H17NO3S/c1-4-16-12(14)10(3)13-17(15)11-7-5-9(2)6-8-11/h5-8,10,13H,4H2,1-3H3/t10-,17-/m1/s1. The van der Waals surface area contributed by atoms with Crippen molar-refractivity contribution in [2.45, 2.75) is 31.7 Å². The number of carbonyl (C=O) groups is 1. The van der Waals surface area contributed by atoms with Gasteiger partial charge in [0.2, 0.25) is 0 Å². The Morgan fingerprint density at radius 3 is 2.53 bits per heavy atom. The minimum atomic E-state index is -1.40. The third kappa shape index (κ3) is 4.28. The first kappa shape index (κ1) is 13.9. The Kier molecular flexibility index (Phi) is 5.31. The average Bonchev–Trinajstić information content (AvgIpc) is 2.30. The Balaban J connectivity index is 2.60. The summed E-state index contributed by atoms with van der Waals surface area (Å²) < 4.78 is 19.4. The molecule has 94 valence electrons. The first-order valence-corrected chi connectivity index (χ1v) is 6.60. The van der Waals surface area contributed by atoms with Gasteiger partial charge in [0, 0.05) is 0 Å². The second-order valence-electron chi connectivity index (χ2n) is 3.67. The van der Waals surface area contributed by atoms with Gasteiger partial charge in [-0.15, -0.1) is 0 Å². The van der Waals surface area contributed by atoms with Gasteiger partial charge < -0.3 is 4.74 Å². The van der Waals surface area contributed by atoms with Crippen LogP contribution in [-0.4, -0.2) is 22.8 Å². The molecular formula is C12H17NO3S. The lowest BCUT2D eigenvalue weighted by atomic mass is 10.2. The van der Waals surface area contributed by atoms with Gasteiger partial charge in [-0.25, -0.2) is 8.93 Å². The van der Waals surface area contributed by atoms with E-state index in [4.69, 9.17) is 4.74 Å². The first-order chi connectivity index (χ1) is 8.04. The highest BCUT2D eigenvalue weighted by Crippen LogP contribution is 2.07. The molecule has 0 aliphatic carbocycles. The molecule has 0 aromatic heterocycles. The smallest absolute Gasteiger partial charge is 0.323 e. The maximum Gasteiger partial charge on any atom is 0.323 e. The summed E-state index contributed by atoms with van der Waals surface area (Å²) in [6.07, 6.45) is 0. The van der Waals surface area contributed by atoms with Crippen molar-refractivity contribution in [2.24, 2.45) is 0 Å². The molecule has 0 spiro atoms. The second kappa shape index (κ2) is 6.51. The van der Waals surface area contributed by atoms with Gasteiger partial charge in [0.25, 0.3) is 0 Å². The number of ether oxygens (including phenoxy) is 1. The molecule has 0 radical (unpaired) electrons. The Labute approximate surface area is 104 Å². The van der Waals surface area contributed by atoms with Crippen LogP contribution in [0, 0.1) is 6.92 Å². The van der Waals surface area contributed by atoms with Crippen LogP contribution in [-0.2, 0) is 20.5 Å². The normalized spacial score (nSPS) is 14.1. The molecule has 17 heavy (non-hydrogen) atoms. The molecule has 2 atom stereocenters. The molecule has 0 unspecified atom stereocenters. The monoisotopic (exact) mass is 255 g/mol. The van der Waals surface area contributed by atoms with E-state index in [1.807, 2.05) is 19.1 Å². The lowest BCUT2D eigenvalue weighted by Gasteiger charge is -2.11. The van der Waals surface area contributed by atoms with Gasteiger partial charge in [0.15, 0.2) is 0 Å². The predicted molar refractivity (Wildman–Crippen MR) is 66.8 cm³/mol. The highest BCUT2D eigenvalue weighted by molar-refractivity contribution is 7.83. The van der Waals surface area contributed by atoms with E-state index < -0.39 is 23.0 Å². The quantitative estimate of drug-likeness (QED) is 0.812. The highest BCUT2D eigenvalue weighted by Gasteiger charge is 2.16. The zero-order chi connectivity index (χ0) is 12.8. The molecule has 5 heteroatoms. The van der Waals surface area contributed by atoms with Gasteiger partial charge in [-0.1, -0.05) is 17.7 Å². The average molecular weight is 255 g/mol. The molecule has 1 aromatic carbocycles. The lowest BCUT2D eigenvalue weighted by Crippen LogP contribution is -2.36. The van der Waals surface area contributed by atoms with Crippen molar-refractivity contribution in [3.05, 3.63) is 29.8 Å². The summed E-state index contributed by atoms with van der Waals surface area (Å²) in [5, 5.41) is 0. The Morgan fingerprint density at radius 2 is 2.00 bits per heavy atom. The molecule has 0 aliphatic heterocycles. The molecule has 0 amide bonds. The minimum Gasteiger partial charge on any atom is -0.465 e. The van der Waals surface area contributed by atoms with Crippen LogP contribution < -0.4 is 4.72 Å². The maximum atomic E-state index is 11.9. The molecule has 0 fully saturated rings. The van der Waals surface area contributed by atoms with Crippen molar-refractivity contribution in [3.63, 3.8) is 0 Å². The SMILES string of the molecule is CCOC(=O)[C@@H](C)N[S@](=O)c1ccc(C)cc1.